The Balaban J connectivity index is 3.07. The van der Waals surface area contributed by atoms with Crippen LogP contribution in [0.15, 0.2) is 6.07 Å². The van der Waals surface area contributed by atoms with Gasteiger partial charge >= 0.3 is 0 Å². The Bertz CT molecular complexity index is 318. The highest BCUT2D eigenvalue weighted by molar-refractivity contribution is 9.09. The van der Waals surface area contributed by atoms with Gasteiger partial charge in [0.25, 0.3) is 0 Å². The first kappa shape index (κ1) is 10.3. The zero-order valence-electron chi connectivity index (χ0n) is 7.84. The summed E-state index contributed by atoms with van der Waals surface area (Å²) >= 11 is 3.28. The average molecular weight is 243 g/mol. The topological polar surface area (TPSA) is 42.9 Å². The van der Waals surface area contributed by atoms with E-state index in [1.165, 1.54) is 6.92 Å². The minimum absolute atomic E-state index is 0.0532. The highest BCUT2D eigenvalue weighted by Gasteiger charge is 2.14. The van der Waals surface area contributed by atoms with E-state index in [0.717, 1.165) is 11.4 Å². The maximum Gasteiger partial charge on any atom is 0.149 e. The highest BCUT2D eigenvalue weighted by Crippen LogP contribution is 2.21. The lowest BCUT2D eigenvalue weighted by Crippen LogP contribution is -2.06. The van der Waals surface area contributed by atoms with Crippen LogP contribution in [0.3, 0.4) is 0 Å². The largest absolute Gasteiger partial charge is 0.298 e. The molecule has 0 aromatic carbocycles. The lowest BCUT2D eigenvalue weighted by molar-refractivity contribution is -0.116. The average Bonchev–Trinajstić information content (AvgIpc) is 2.01. The SMILES string of the molecule is CC(=O)C(Br)c1cc(C)nc(C)n1. The molecule has 1 unspecified atom stereocenters. The van der Waals surface area contributed by atoms with Crippen LogP contribution in [0.1, 0.15) is 29.0 Å². The van der Waals surface area contributed by atoms with Crippen molar-refractivity contribution in [1.29, 1.82) is 0 Å². The van der Waals surface area contributed by atoms with E-state index in [4.69, 9.17) is 0 Å². The molecular weight excluding hydrogens is 232 g/mol. The van der Waals surface area contributed by atoms with Crippen molar-refractivity contribution in [2.24, 2.45) is 0 Å². The second-order valence-electron chi connectivity index (χ2n) is 2.95. The summed E-state index contributed by atoms with van der Waals surface area (Å²) in [6, 6.07) is 1.81. The van der Waals surface area contributed by atoms with Gasteiger partial charge in [0.15, 0.2) is 0 Å². The van der Waals surface area contributed by atoms with E-state index in [9.17, 15) is 4.79 Å². The van der Waals surface area contributed by atoms with Gasteiger partial charge in [-0.2, -0.15) is 0 Å². The summed E-state index contributed by atoms with van der Waals surface area (Å²) in [5.41, 5.74) is 1.62. The van der Waals surface area contributed by atoms with E-state index in [1.54, 1.807) is 0 Å². The van der Waals surface area contributed by atoms with Gasteiger partial charge in [0.2, 0.25) is 0 Å². The Morgan fingerprint density at radius 1 is 1.46 bits per heavy atom. The van der Waals surface area contributed by atoms with E-state index >= 15 is 0 Å². The third-order valence-corrected chi connectivity index (χ3v) is 2.72. The van der Waals surface area contributed by atoms with Crippen LogP contribution in [0.25, 0.3) is 0 Å². The first-order chi connectivity index (χ1) is 6.00. The van der Waals surface area contributed by atoms with Gasteiger partial charge in [0.05, 0.1) is 5.69 Å². The van der Waals surface area contributed by atoms with Gasteiger partial charge in [0, 0.05) is 5.69 Å². The van der Waals surface area contributed by atoms with Gasteiger partial charge in [-0.15, -0.1) is 0 Å². The number of carbonyl (C=O) groups is 1. The lowest BCUT2D eigenvalue weighted by atomic mass is 10.2. The summed E-state index contributed by atoms with van der Waals surface area (Å²) in [5.74, 6) is 0.748. The molecule has 13 heavy (non-hydrogen) atoms. The first-order valence-corrected chi connectivity index (χ1v) is 4.89. The Labute approximate surface area is 85.7 Å². The molecule has 1 atom stereocenters. The summed E-state index contributed by atoms with van der Waals surface area (Å²) in [7, 11) is 0. The summed E-state index contributed by atoms with van der Waals surface area (Å²) in [4.78, 5) is 19.1. The lowest BCUT2D eigenvalue weighted by Gasteiger charge is -2.06. The van der Waals surface area contributed by atoms with Gasteiger partial charge in [-0.25, -0.2) is 9.97 Å². The van der Waals surface area contributed by atoms with Gasteiger partial charge in [-0.3, -0.25) is 4.79 Å². The molecule has 0 saturated carbocycles. The summed E-state index contributed by atoms with van der Waals surface area (Å²) in [6.07, 6.45) is 0. The maximum absolute atomic E-state index is 11.1. The van der Waals surface area contributed by atoms with Gasteiger partial charge < -0.3 is 0 Å². The summed E-state index contributed by atoms with van der Waals surface area (Å²) < 4.78 is 0. The van der Waals surface area contributed by atoms with Crippen molar-refractivity contribution >= 4 is 21.7 Å². The number of hydrogen-bond donors (Lipinski definition) is 0. The van der Waals surface area contributed by atoms with Crippen molar-refractivity contribution in [3.63, 3.8) is 0 Å². The Morgan fingerprint density at radius 2 is 2.08 bits per heavy atom. The van der Waals surface area contributed by atoms with E-state index in [1.807, 2.05) is 19.9 Å². The molecular formula is C9H11BrN2O. The number of aromatic nitrogens is 2. The van der Waals surface area contributed by atoms with Crippen LogP contribution in [0.2, 0.25) is 0 Å². The molecule has 0 radical (unpaired) electrons. The number of halogens is 1. The number of aryl methyl sites for hydroxylation is 2. The molecule has 0 fully saturated rings. The number of alkyl halides is 1. The van der Waals surface area contributed by atoms with Crippen molar-refractivity contribution in [3.8, 4) is 0 Å². The van der Waals surface area contributed by atoms with Crippen LogP contribution in [-0.2, 0) is 4.79 Å². The predicted molar refractivity (Wildman–Crippen MR) is 53.9 cm³/mol. The molecule has 0 saturated heterocycles. The molecule has 0 aliphatic rings. The zero-order chi connectivity index (χ0) is 10.0. The molecule has 0 N–H and O–H groups in total. The van der Waals surface area contributed by atoms with E-state index in [2.05, 4.69) is 25.9 Å². The number of rotatable bonds is 2. The fourth-order valence-corrected chi connectivity index (χ4v) is 1.32. The fraction of sp³-hybridized carbons (Fsp3) is 0.444. The van der Waals surface area contributed by atoms with Crippen molar-refractivity contribution < 1.29 is 4.79 Å². The third kappa shape index (κ3) is 2.59. The van der Waals surface area contributed by atoms with E-state index < -0.39 is 0 Å². The van der Waals surface area contributed by atoms with Crippen LogP contribution in [0, 0.1) is 13.8 Å². The molecule has 1 rings (SSSR count). The molecule has 1 heterocycles. The van der Waals surface area contributed by atoms with Crippen molar-refractivity contribution in [2.75, 3.05) is 0 Å². The maximum atomic E-state index is 11.1. The molecule has 4 heteroatoms. The minimum Gasteiger partial charge on any atom is -0.298 e. The molecule has 0 amide bonds. The van der Waals surface area contributed by atoms with Crippen LogP contribution in [-0.4, -0.2) is 15.8 Å². The predicted octanol–water partition coefficient (Wildman–Crippen LogP) is 2.12. The van der Waals surface area contributed by atoms with Crippen LogP contribution in [0.5, 0.6) is 0 Å². The van der Waals surface area contributed by atoms with E-state index in [-0.39, 0.29) is 10.6 Å². The third-order valence-electron chi connectivity index (χ3n) is 1.60. The van der Waals surface area contributed by atoms with E-state index in [0.29, 0.717) is 5.82 Å². The van der Waals surface area contributed by atoms with Gasteiger partial charge in [0.1, 0.15) is 16.4 Å². The fourth-order valence-electron chi connectivity index (χ4n) is 1.08. The number of nitrogens with zero attached hydrogens (tertiary/aromatic N) is 2. The quantitative estimate of drug-likeness (QED) is 0.747. The van der Waals surface area contributed by atoms with Crippen LogP contribution in [0.4, 0.5) is 0 Å². The second-order valence-corrected chi connectivity index (χ2v) is 3.87. The second kappa shape index (κ2) is 3.96. The smallest absolute Gasteiger partial charge is 0.149 e. The molecule has 0 spiro atoms. The van der Waals surface area contributed by atoms with Crippen molar-refractivity contribution in [2.45, 2.75) is 25.6 Å². The normalized spacial score (nSPS) is 12.6. The monoisotopic (exact) mass is 242 g/mol. The molecule has 0 aliphatic carbocycles. The molecule has 1 aromatic heterocycles. The summed E-state index contributed by atoms with van der Waals surface area (Å²) in [6.45, 7) is 5.24. The number of ketones is 1. The van der Waals surface area contributed by atoms with Crippen molar-refractivity contribution in [3.05, 3.63) is 23.3 Å². The molecule has 1 aromatic rings. The molecule has 3 nitrogen and oxygen atoms in total. The molecule has 0 bridgehead atoms. The van der Waals surface area contributed by atoms with Crippen LogP contribution < -0.4 is 0 Å². The molecule has 0 aliphatic heterocycles. The Kier molecular flexibility index (Phi) is 3.14. The van der Waals surface area contributed by atoms with Gasteiger partial charge in [-0.05, 0) is 26.8 Å². The first-order valence-electron chi connectivity index (χ1n) is 3.97. The molecule has 70 valence electrons. The minimum atomic E-state index is -0.312. The van der Waals surface area contributed by atoms with Gasteiger partial charge in [-0.1, -0.05) is 15.9 Å². The number of hydrogen-bond acceptors (Lipinski definition) is 3. The Morgan fingerprint density at radius 3 is 2.54 bits per heavy atom. The number of carbonyl (C=O) groups excluding carboxylic acids is 1. The Hall–Kier alpha value is -0.770. The van der Waals surface area contributed by atoms with Crippen LogP contribution >= 0.6 is 15.9 Å². The zero-order valence-corrected chi connectivity index (χ0v) is 9.42. The highest BCUT2D eigenvalue weighted by atomic mass is 79.9. The number of Topliss-reactive ketones (excluding diaryl/α,β-unsaturated/α-hetero) is 1. The standard InChI is InChI=1S/C9H11BrN2O/c1-5-4-8(9(10)6(2)13)12-7(3)11-5/h4,9H,1-3H3. The summed E-state index contributed by atoms with van der Waals surface area (Å²) in [5, 5.41) is 0. The van der Waals surface area contributed by atoms with Crippen molar-refractivity contribution in [1.82, 2.24) is 9.97 Å².